The molecule has 0 unspecified atom stereocenters. The van der Waals surface area contributed by atoms with Gasteiger partial charge in [0.25, 0.3) is 5.91 Å². The summed E-state index contributed by atoms with van der Waals surface area (Å²) >= 11 is 0. The zero-order chi connectivity index (χ0) is 18.7. The van der Waals surface area contributed by atoms with Gasteiger partial charge in [0.15, 0.2) is 6.61 Å². The van der Waals surface area contributed by atoms with E-state index in [0.717, 1.165) is 18.6 Å². The lowest BCUT2D eigenvalue weighted by Gasteiger charge is -2.21. The van der Waals surface area contributed by atoms with Crippen LogP contribution in [0, 0.1) is 20.8 Å². The van der Waals surface area contributed by atoms with Gasteiger partial charge in [-0.05, 0) is 92.8 Å². The Hall–Kier alpha value is -2.29. The molecule has 0 aliphatic heterocycles. The molecule has 0 heterocycles. The molecule has 2 aromatic rings. The van der Waals surface area contributed by atoms with Gasteiger partial charge in [0.05, 0.1) is 6.04 Å². The molecular formula is C23H29NO2. The Morgan fingerprint density at radius 3 is 2.62 bits per heavy atom. The Morgan fingerprint density at radius 1 is 1.08 bits per heavy atom. The largest absolute Gasteiger partial charge is 0.483 e. The number of hydrogen-bond acceptors (Lipinski definition) is 2. The fourth-order valence-corrected chi connectivity index (χ4v) is 3.84. The summed E-state index contributed by atoms with van der Waals surface area (Å²) in [6.07, 6.45) is 4.60. The van der Waals surface area contributed by atoms with Gasteiger partial charge in [-0.25, -0.2) is 0 Å². The summed E-state index contributed by atoms with van der Waals surface area (Å²) in [4.78, 5) is 12.4. The van der Waals surface area contributed by atoms with Gasteiger partial charge in [-0.3, -0.25) is 4.79 Å². The Bertz CT molecular complexity index is 810. The second kappa shape index (κ2) is 7.94. The summed E-state index contributed by atoms with van der Waals surface area (Å²) in [6.45, 7) is 8.40. The fourth-order valence-electron chi connectivity index (χ4n) is 3.84. The zero-order valence-corrected chi connectivity index (χ0v) is 16.3. The van der Waals surface area contributed by atoms with Crippen LogP contribution in [-0.4, -0.2) is 12.5 Å². The van der Waals surface area contributed by atoms with E-state index in [1.165, 1.54) is 46.2 Å². The molecule has 0 aromatic heterocycles. The first-order chi connectivity index (χ1) is 12.5. The molecule has 1 atom stereocenters. The Kier molecular flexibility index (Phi) is 5.65. The van der Waals surface area contributed by atoms with Gasteiger partial charge in [-0.1, -0.05) is 24.3 Å². The molecule has 1 N–H and O–H groups in total. The quantitative estimate of drug-likeness (QED) is 0.844. The minimum atomic E-state index is -0.0801. The smallest absolute Gasteiger partial charge is 0.258 e. The Balaban J connectivity index is 1.62. The standard InChI is InChI=1S/C23H29NO2/c1-15-12-17(3)21(13-16(15)2)18(4)24-23(25)14-26-22-11-7-9-19-8-5-6-10-20(19)22/h7,9,11-13,18H,5-6,8,10,14H2,1-4H3,(H,24,25)/t18-/m0/s1. The van der Waals surface area contributed by atoms with Gasteiger partial charge in [0.1, 0.15) is 5.75 Å². The number of carbonyl (C=O) groups excluding carboxylic acids is 1. The number of rotatable bonds is 5. The number of fused-ring (bicyclic) bond motifs is 1. The highest BCUT2D eigenvalue weighted by molar-refractivity contribution is 5.78. The molecule has 3 heteroatoms. The van der Waals surface area contributed by atoms with E-state index in [1.54, 1.807) is 0 Å². The monoisotopic (exact) mass is 351 g/mol. The minimum absolute atomic E-state index is 0.0323. The Labute approximate surface area is 156 Å². The maximum atomic E-state index is 12.4. The van der Waals surface area contributed by atoms with E-state index < -0.39 is 0 Å². The van der Waals surface area contributed by atoms with Crippen LogP contribution in [0.5, 0.6) is 5.75 Å². The van der Waals surface area contributed by atoms with Crippen LogP contribution in [0.2, 0.25) is 0 Å². The number of carbonyl (C=O) groups is 1. The summed E-state index contributed by atoms with van der Waals surface area (Å²) in [7, 11) is 0. The number of aryl methyl sites for hydroxylation is 4. The molecule has 2 aromatic carbocycles. The van der Waals surface area contributed by atoms with Crippen molar-refractivity contribution in [1.82, 2.24) is 5.32 Å². The lowest BCUT2D eigenvalue weighted by Crippen LogP contribution is -2.31. The highest BCUT2D eigenvalue weighted by Gasteiger charge is 2.16. The molecule has 26 heavy (non-hydrogen) atoms. The van der Waals surface area contributed by atoms with Gasteiger partial charge in [0.2, 0.25) is 0 Å². The van der Waals surface area contributed by atoms with Crippen molar-refractivity contribution in [3.8, 4) is 5.75 Å². The predicted molar refractivity (Wildman–Crippen MR) is 106 cm³/mol. The first kappa shape index (κ1) is 18.5. The third-order valence-electron chi connectivity index (χ3n) is 5.44. The van der Waals surface area contributed by atoms with Crippen molar-refractivity contribution in [2.45, 2.75) is 59.4 Å². The lowest BCUT2D eigenvalue weighted by atomic mass is 9.91. The average molecular weight is 351 g/mol. The maximum Gasteiger partial charge on any atom is 0.258 e. The van der Waals surface area contributed by atoms with Crippen LogP contribution in [-0.2, 0) is 17.6 Å². The molecule has 0 saturated carbocycles. The maximum absolute atomic E-state index is 12.4. The van der Waals surface area contributed by atoms with Crippen molar-refractivity contribution >= 4 is 5.91 Å². The third-order valence-corrected chi connectivity index (χ3v) is 5.44. The van der Waals surface area contributed by atoms with Gasteiger partial charge in [-0.2, -0.15) is 0 Å². The van der Waals surface area contributed by atoms with Gasteiger partial charge in [-0.15, -0.1) is 0 Å². The van der Waals surface area contributed by atoms with E-state index >= 15 is 0 Å². The molecular weight excluding hydrogens is 322 g/mol. The summed E-state index contributed by atoms with van der Waals surface area (Å²) in [6, 6.07) is 10.5. The fraction of sp³-hybridized carbons (Fsp3) is 0.435. The zero-order valence-electron chi connectivity index (χ0n) is 16.3. The van der Waals surface area contributed by atoms with Crippen LogP contribution in [0.15, 0.2) is 30.3 Å². The van der Waals surface area contributed by atoms with E-state index in [4.69, 9.17) is 4.74 Å². The van der Waals surface area contributed by atoms with Crippen molar-refractivity contribution in [3.05, 3.63) is 63.7 Å². The third kappa shape index (κ3) is 4.09. The average Bonchev–Trinajstić information content (AvgIpc) is 2.62. The molecule has 138 valence electrons. The van der Waals surface area contributed by atoms with Crippen LogP contribution in [0.1, 0.15) is 59.2 Å². The highest BCUT2D eigenvalue weighted by atomic mass is 16.5. The van der Waals surface area contributed by atoms with E-state index in [2.05, 4.69) is 44.3 Å². The van der Waals surface area contributed by atoms with Crippen LogP contribution in [0.4, 0.5) is 0 Å². The number of amides is 1. The molecule has 0 radical (unpaired) electrons. The molecule has 3 nitrogen and oxygen atoms in total. The van der Waals surface area contributed by atoms with E-state index in [9.17, 15) is 4.79 Å². The summed E-state index contributed by atoms with van der Waals surface area (Å²) in [5.41, 5.74) is 7.55. The first-order valence-corrected chi connectivity index (χ1v) is 9.56. The van der Waals surface area contributed by atoms with Crippen molar-refractivity contribution in [1.29, 1.82) is 0 Å². The van der Waals surface area contributed by atoms with Crippen molar-refractivity contribution in [2.75, 3.05) is 6.61 Å². The lowest BCUT2D eigenvalue weighted by molar-refractivity contribution is -0.123. The van der Waals surface area contributed by atoms with Crippen molar-refractivity contribution in [2.24, 2.45) is 0 Å². The number of ether oxygens (including phenoxy) is 1. The summed E-state index contributed by atoms with van der Waals surface area (Å²) in [5.74, 6) is 0.788. The van der Waals surface area contributed by atoms with Crippen molar-refractivity contribution < 1.29 is 9.53 Å². The Morgan fingerprint density at radius 2 is 1.81 bits per heavy atom. The number of hydrogen-bond donors (Lipinski definition) is 1. The van der Waals surface area contributed by atoms with Gasteiger partial charge >= 0.3 is 0 Å². The van der Waals surface area contributed by atoms with Crippen molar-refractivity contribution in [3.63, 3.8) is 0 Å². The predicted octanol–water partition coefficient (Wildman–Crippen LogP) is 4.75. The normalized spacial score (nSPS) is 14.5. The number of nitrogens with one attached hydrogen (secondary N) is 1. The summed E-state index contributed by atoms with van der Waals surface area (Å²) < 4.78 is 5.86. The molecule has 0 saturated heterocycles. The van der Waals surface area contributed by atoms with Crippen LogP contribution >= 0.6 is 0 Å². The minimum Gasteiger partial charge on any atom is -0.483 e. The van der Waals surface area contributed by atoms with Gasteiger partial charge < -0.3 is 10.1 Å². The number of benzene rings is 2. The molecule has 0 spiro atoms. The highest BCUT2D eigenvalue weighted by Crippen LogP contribution is 2.29. The topological polar surface area (TPSA) is 38.3 Å². The summed E-state index contributed by atoms with van der Waals surface area (Å²) in [5, 5.41) is 3.07. The van der Waals surface area contributed by atoms with Crippen LogP contribution in [0.25, 0.3) is 0 Å². The molecule has 3 rings (SSSR count). The molecule has 1 aliphatic rings. The molecule has 1 amide bonds. The second-order valence-corrected chi connectivity index (χ2v) is 7.47. The van der Waals surface area contributed by atoms with E-state index in [-0.39, 0.29) is 18.6 Å². The first-order valence-electron chi connectivity index (χ1n) is 9.56. The van der Waals surface area contributed by atoms with E-state index in [1.807, 2.05) is 19.1 Å². The second-order valence-electron chi connectivity index (χ2n) is 7.47. The molecule has 0 bridgehead atoms. The van der Waals surface area contributed by atoms with E-state index in [0.29, 0.717) is 0 Å². The SMILES string of the molecule is Cc1cc(C)c([C@H](C)NC(=O)COc2cccc3c2CCCC3)cc1C. The van der Waals surface area contributed by atoms with Crippen LogP contribution < -0.4 is 10.1 Å². The molecule has 1 aliphatic carbocycles. The van der Waals surface area contributed by atoms with Gasteiger partial charge in [0, 0.05) is 0 Å². The van der Waals surface area contributed by atoms with Crippen LogP contribution in [0.3, 0.4) is 0 Å². The molecule has 0 fully saturated rings.